The molecule has 3 rings (SSSR count). The minimum atomic E-state index is -5.22. The van der Waals surface area contributed by atoms with Crippen molar-refractivity contribution in [2.45, 2.75) is 38.8 Å². The van der Waals surface area contributed by atoms with Gasteiger partial charge < -0.3 is 10.6 Å². The number of sulfone groups is 1. The number of aromatic nitrogens is 3. The lowest BCUT2D eigenvalue weighted by molar-refractivity contribution is -0.150. The van der Waals surface area contributed by atoms with Crippen molar-refractivity contribution in [3.63, 3.8) is 0 Å². The molecule has 41 heavy (non-hydrogen) atoms. The molecule has 17 heteroatoms. The maximum absolute atomic E-state index is 13.9. The summed E-state index contributed by atoms with van der Waals surface area (Å²) in [5.74, 6) is -5.94. The first-order chi connectivity index (χ1) is 18.7. The fourth-order valence-corrected chi connectivity index (χ4v) is 5.92. The van der Waals surface area contributed by atoms with Gasteiger partial charge in [0.15, 0.2) is 0 Å². The predicted octanol–water partition coefficient (Wildman–Crippen LogP) is 4.46. The van der Waals surface area contributed by atoms with Crippen LogP contribution in [0.3, 0.4) is 0 Å². The third kappa shape index (κ3) is 7.55. The van der Waals surface area contributed by atoms with Gasteiger partial charge in [-0.3, -0.25) is 9.59 Å². The quantitative estimate of drug-likeness (QED) is 0.271. The Balaban J connectivity index is 2.11. The van der Waals surface area contributed by atoms with Crippen molar-refractivity contribution in [2.24, 2.45) is 5.73 Å². The van der Waals surface area contributed by atoms with E-state index < -0.39 is 64.0 Å². The zero-order chi connectivity index (χ0) is 31.1. The minimum absolute atomic E-state index is 0.0813. The number of primary amides is 1. The molecule has 1 atom stereocenters. The number of carbonyl (C=O) groups excluding carboxylic acids is 2. The molecule has 0 aliphatic rings. The van der Waals surface area contributed by atoms with E-state index >= 15 is 0 Å². The molecular formula is C24H22F6IN5O4S. The van der Waals surface area contributed by atoms with Gasteiger partial charge in [-0.05, 0) is 65.8 Å². The molecule has 0 saturated carbocycles. The van der Waals surface area contributed by atoms with Crippen molar-refractivity contribution in [2.75, 3.05) is 16.9 Å². The standard InChI is InChI=1S/C24H22F6IN5O4S/c1-12-9-14(10-35-22(24(28,29)30)33-21(34-35)23(25,26)27)7-8-17(12)36(13(2)11-41(3,39)40)20(38)18-15(19(32)37)5-4-6-16(18)31/h4-9,13H,10-11H2,1-3H3,(H2,32,37)/t13-/m0/s1. The Morgan fingerprint density at radius 2 is 1.73 bits per heavy atom. The first kappa shape index (κ1) is 32.3. The SMILES string of the molecule is Cc1cc(Cn2nc(C(F)(F)F)nc2C(F)(F)F)ccc1N(C(=O)c1c(I)cccc1C(N)=O)[C@@H](C)CS(C)(=O)=O. The second-order valence-electron chi connectivity index (χ2n) is 9.18. The topological polar surface area (TPSA) is 128 Å². The summed E-state index contributed by atoms with van der Waals surface area (Å²) in [6.45, 7) is 2.19. The molecule has 2 amide bonds. The second-order valence-corrected chi connectivity index (χ2v) is 12.5. The van der Waals surface area contributed by atoms with Crippen LogP contribution in [-0.4, -0.2) is 53.0 Å². The Kier molecular flexibility index (Phi) is 9.12. The zero-order valence-electron chi connectivity index (χ0n) is 21.5. The van der Waals surface area contributed by atoms with E-state index in [1.807, 2.05) is 22.6 Å². The van der Waals surface area contributed by atoms with Crippen molar-refractivity contribution in [1.82, 2.24) is 14.8 Å². The molecule has 0 saturated heterocycles. The van der Waals surface area contributed by atoms with Gasteiger partial charge in [-0.2, -0.15) is 31.3 Å². The van der Waals surface area contributed by atoms with E-state index in [0.717, 1.165) is 11.2 Å². The van der Waals surface area contributed by atoms with Crippen molar-refractivity contribution in [3.05, 3.63) is 73.9 Å². The number of alkyl halides is 6. The van der Waals surface area contributed by atoms with Gasteiger partial charge in [0, 0.05) is 21.6 Å². The highest BCUT2D eigenvalue weighted by Gasteiger charge is 2.44. The lowest BCUT2D eigenvalue weighted by Crippen LogP contribution is -2.44. The number of carbonyl (C=O) groups is 2. The van der Waals surface area contributed by atoms with Gasteiger partial charge in [-0.25, -0.2) is 13.1 Å². The maximum Gasteiger partial charge on any atom is 0.453 e. The molecule has 2 N–H and O–H groups in total. The smallest absolute Gasteiger partial charge is 0.366 e. The van der Waals surface area contributed by atoms with E-state index in [9.17, 15) is 44.3 Å². The summed E-state index contributed by atoms with van der Waals surface area (Å²) in [5.41, 5.74) is 5.77. The molecule has 9 nitrogen and oxygen atoms in total. The van der Waals surface area contributed by atoms with Gasteiger partial charge in [-0.15, -0.1) is 5.10 Å². The first-order valence-corrected chi connectivity index (χ1v) is 14.6. The van der Waals surface area contributed by atoms with Crippen LogP contribution in [-0.2, 0) is 28.7 Å². The van der Waals surface area contributed by atoms with Crippen molar-refractivity contribution in [1.29, 1.82) is 0 Å². The fraction of sp³-hybridized carbons (Fsp3) is 0.333. The normalized spacial score (nSPS) is 13.2. The third-order valence-corrected chi connectivity index (χ3v) is 7.72. The minimum Gasteiger partial charge on any atom is -0.366 e. The molecule has 3 aromatic rings. The summed E-state index contributed by atoms with van der Waals surface area (Å²) < 4.78 is 104. The third-order valence-electron chi connectivity index (χ3n) is 5.73. The lowest BCUT2D eigenvalue weighted by atomic mass is 10.0. The Morgan fingerprint density at radius 3 is 2.24 bits per heavy atom. The number of benzene rings is 2. The van der Waals surface area contributed by atoms with Crippen LogP contribution >= 0.6 is 22.6 Å². The van der Waals surface area contributed by atoms with Crippen LogP contribution in [0.5, 0.6) is 0 Å². The molecule has 0 bridgehead atoms. The number of halogens is 7. The van der Waals surface area contributed by atoms with Crippen molar-refractivity contribution >= 4 is 49.9 Å². The number of nitrogens with two attached hydrogens (primary N) is 1. The van der Waals surface area contributed by atoms with Crippen molar-refractivity contribution < 1.29 is 44.3 Å². The molecule has 2 aromatic carbocycles. The van der Waals surface area contributed by atoms with Crippen LogP contribution in [0.1, 0.15) is 50.4 Å². The summed E-state index contributed by atoms with van der Waals surface area (Å²) in [5, 5.41) is 2.99. The van der Waals surface area contributed by atoms with Gasteiger partial charge in [0.2, 0.25) is 11.7 Å². The summed E-state index contributed by atoms with van der Waals surface area (Å²) in [6.07, 6.45) is -9.46. The van der Waals surface area contributed by atoms with E-state index in [2.05, 4.69) is 10.1 Å². The van der Waals surface area contributed by atoms with Crippen LogP contribution in [0.2, 0.25) is 0 Å². The average molecular weight is 717 g/mol. The monoisotopic (exact) mass is 717 g/mol. The van der Waals surface area contributed by atoms with Crippen LogP contribution in [0.4, 0.5) is 32.0 Å². The molecule has 0 aliphatic heterocycles. The number of anilines is 1. The summed E-state index contributed by atoms with van der Waals surface area (Å²) in [4.78, 5) is 29.7. The molecule has 0 spiro atoms. The number of hydrogen-bond acceptors (Lipinski definition) is 6. The lowest BCUT2D eigenvalue weighted by Gasteiger charge is -2.31. The molecule has 0 radical (unpaired) electrons. The highest BCUT2D eigenvalue weighted by molar-refractivity contribution is 14.1. The number of rotatable bonds is 8. The number of hydrogen-bond donors (Lipinski definition) is 1. The molecule has 1 heterocycles. The number of nitrogens with zero attached hydrogens (tertiary/aromatic N) is 4. The molecule has 1 aromatic heterocycles. The van der Waals surface area contributed by atoms with Crippen LogP contribution in [0.25, 0.3) is 0 Å². The Hall–Kier alpha value is -3.22. The van der Waals surface area contributed by atoms with E-state index in [-0.39, 0.29) is 32.6 Å². The van der Waals surface area contributed by atoms with Gasteiger partial charge in [0.25, 0.3) is 11.7 Å². The van der Waals surface area contributed by atoms with E-state index in [0.29, 0.717) is 3.57 Å². The largest absolute Gasteiger partial charge is 0.453 e. The van der Waals surface area contributed by atoms with E-state index in [1.165, 1.54) is 44.2 Å². The van der Waals surface area contributed by atoms with Gasteiger partial charge >= 0.3 is 12.4 Å². The fourth-order valence-electron chi connectivity index (χ4n) is 4.17. The van der Waals surface area contributed by atoms with Crippen molar-refractivity contribution in [3.8, 4) is 0 Å². The molecular weight excluding hydrogens is 695 g/mol. The summed E-state index contributed by atoms with van der Waals surface area (Å²) in [6, 6.07) is 7.29. The van der Waals surface area contributed by atoms with Gasteiger partial charge in [0.05, 0.1) is 23.4 Å². The Morgan fingerprint density at radius 1 is 1.10 bits per heavy atom. The molecule has 0 aliphatic carbocycles. The Bertz CT molecular complexity index is 1600. The number of aryl methyl sites for hydroxylation is 1. The highest BCUT2D eigenvalue weighted by atomic mass is 127. The van der Waals surface area contributed by atoms with Crippen LogP contribution < -0.4 is 10.6 Å². The van der Waals surface area contributed by atoms with Crippen LogP contribution in [0, 0.1) is 10.5 Å². The van der Waals surface area contributed by atoms with E-state index in [1.54, 1.807) is 6.07 Å². The Labute approximate surface area is 243 Å². The maximum atomic E-state index is 13.9. The summed E-state index contributed by atoms with van der Waals surface area (Å²) >= 11 is 1.82. The average Bonchev–Trinajstić information content (AvgIpc) is 3.24. The molecule has 222 valence electrons. The predicted molar refractivity (Wildman–Crippen MR) is 144 cm³/mol. The van der Waals surface area contributed by atoms with E-state index in [4.69, 9.17) is 5.73 Å². The molecule has 0 fully saturated rings. The summed E-state index contributed by atoms with van der Waals surface area (Å²) in [7, 11) is -3.62. The van der Waals surface area contributed by atoms with Crippen LogP contribution in [0.15, 0.2) is 36.4 Å². The van der Waals surface area contributed by atoms with Gasteiger partial charge in [-0.1, -0.05) is 18.2 Å². The zero-order valence-corrected chi connectivity index (χ0v) is 24.5. The molecule has 0 unspecified atom stereocenters. The number of amides is 2. The highest BCUT2D eigenvalue weighted by Crippen LogP contribution is 2.34. The second kappa shape index (κ2) is 11.6. The first-order valence-electron chi connectivity index (χ1n) is 11.5. The van der Waals surface area contributed by atoms with Gasteiger partial charge in [0.1, 0.15) is 9.84 Å².